The van der Waals surface area contributed by atoms with Gasteiger partial charge in [-0.1, -0.05) is 13.8 Å². The summed E-state index contributed by atoms with van der Waals surface area (Å²) in [5.74, 6) is 1.60. The van der Waals surface area contributed by atoms with Crippen LogP contribution in [0.5, 0.6) is 0 Å². The maximum atomic E-state index is 6.06. The molecule has 2 rings (SSSR count). The second-order valence-corrected chi connectivity index (χ2v) is 6.29. The Hall–Kier alpha value is -0.160. The Morgan fingerprint density at radius 1 is 1.17 bits per heavy atom. The summed E-state index contributed by atoms with van der Waals surface area (Å²) in [6.07, 6.45) is 2.84. The van der Waals surface area contributed by atoms with E-state index in [1.165, 1.54) is 12.8 Å². The molecule has 2 aliphatic rings. The topological polar surface area (TPSA) is 47.7 Å². The molecule has 1 saturated carbocycles. The van der Waals surface area contributed by atoms with Crippen LogP contribution in [-0.2, 0) is 9.47 Å². The Morgan fingerprint density at radius 3 is 2.00 bits per heavy atom. The summed E-state index contributed by atoms with van der Waals surface area (Å²) >= 11 is 0. The second kappa shape index (κ2) is 5.45. The first kappa shape index (κ1) is 14.3. The molecule has 1 heterocycles. The highest BCUT2D eigenvalue weighted by Crippen LogP contribution is 2.46. The van der Waals surface area contributed by atoms with Gasteiger partial charge >= 0.3 is 0 Å². The Labute approximate surface area is 111 Å². The standard InChI is InChI=1S/C14H28N2O2/c1-10(2)11-5-14(6-11,9-15)16-7-12(17-3)13(8-16)18-4/h10-13H,5-9,15H2,1-4H3. The number of hydrogen-bond donors (Lipinski definition) is 1. The van der Waals surface area contributed by atoms with E-state index in [1.54, 1.807) is 14.2 Å². The fourth-order valence-corrected chi connectivity index (χ4v) is 3.53. The van der Waals surface area contributed by atoms with Gasteiger partial charge in [0.05, 0.1) is 12.2 Å². The van der Waals surface area contributed by atoms with Crippen LogP contribution < -0.4 is 5.73 Å². The van der Waals surface area contributed by atoms with Crippen molar-refractivity contribution in [3.63, 3.8) is 0 Å². The molecule has 4 nitrogen and oxygen atoms in total. The third-order valence-electron chi connectivity index (χ3n) is 5.10. The number of methoxy groups -OCH3 is 2. The summed E-state index contributed by atoms with van der Waals surface area (Å²) < 4.78 is 11.0. The number of nitrogens with two attached hydrogens (primary N) is 1. The SMILES string of the molecule is COC1CN(C2(CN)CC(C(C)C)C2)CC1OC. The van der Waals surface area contributed by atoms with E-state index in [-0.39, 0.29) is 17.7 Å². The van der Waals surface area contributed by atoms with Crippen LogP contribution in [0.1, 0.15) is 26.7 Å². The maximum Gasteiger partial charge on any atom is 0.0972 e. The Morgan fingerprint density at radius 2 is 1.67 bits per heavy atom. The highest BCUT2D eigenvalue weighted by atomic mass is 16.5. The minimum Gasteiger partial charge on any atom is -0.377 e. The third-order valence-corrected chi connectivity index (χ3v) is 5.10. The number of nitrogens with zero attached hydrogens (tertiary/aromatic N) is 1. The van der Waals surface area contributed by atoms with Gasteiger partial charge in [0.25, 0.3) is 0 Å². The highest BCUT2D eigenvalue weighted by Gasteiger charge is 2.51. The van der Waals surface area contributed by atoms with Crippen LogP contribution in [0.2, 0.25) is 0 Å². The molecule has 2 N–H and O–H groups in total. The highest BCUT2D eigenvalue weighted by molar-refractivity contribution is 5.07. The zero-order valence-corrected chi connectivity index (χ0v) is 12.2. The fourth-order valence-electron chi connectivity index (χ4n) is 3.53. The van der Waals surface area contributed by atoms with Crippen molar-refractivity contribution >= 4 is 0 Å². The summed E-state index contributed by atoms with van der Waals surface area (Å²) in [4.78, 5) is 2.51. The molecule has 1 saturated heterocycles. The predicted molar refractivity (Wildman–Crippen MR) is 72.5 cm³/mol. The van der Waals surface area contributed by atoms with E-state index in [2.05, 4.69) is 18.7 Å². The Bertz CT molecular complexity index is 265. The fraction of sp³-hybridized carbons (Fsp3) is 1.00. The third kappa shape index (κ3) is 2.31. The Kier molecular flexibility index (Phi) is 4.32. The van der Waals surface area contributed by atoms with Crippen LogP contribution in [-0.4, -0.2) is 56.5 Å². The molecule has 106 valence electrons. The molecule has 1 aliphatic carbocycles. The zero-order chi connectivity index (χ0) is 13.3. The summed E-state index contributed by atoms with van der Waals surface area (Å²) in [5, 5.41) is 0. The van der Waals surface area contributed by atoms with E-state index in [9.17, 15) is 0 Å². The molecule has 0 radical (unpaired) electrons. The quantitative estimate of drug-likeness (QED) is 0.800. The second-order valence-electron chi connectivity index (χ2n) is 6.29. The summed E-state index contributed by atoms with van der Waals surface area (Å²) in [7, 11) is 3.54. The van der Waals surface area contributed by atoms with E-state index < -0.39 is 0 Å². The number of rotatable bonds is 5. The molecule has 0 amide bonds. The van der Waals surface area contributed by atoms with Gasteiger partial charge in [-0.3, -0.25) is 4.90 Å². The molecule has 18 heavy (non-hydrogen) atoms. The molecule has 0 bridgehead atoms. The van der Waals surface area contributed by atoms with E-state index in [4.69, 9.17) is 15.2 Å². The maximum absolute atomic E-state index is 6.06. The van der Waals surface area contributed by atoms with E-state index in [1.807, 2.05) is 0 Å². The first-order valence-electron chi connectivity index (χ1n) is 7.07. The lowest BCUT2D eigenvalue weighted by Crippen LogP contribution is -2.62. The molecule has 2 atom stereocenters. The van der Waals surface area contributed by atoms with Gasteiger partial charge in [-0.25, -0.2) is 0 Å². The van der Waals surface area contributed by atoms with Gasteiger partial charge in [0, 0.05) is 39.4 Å². The van der Waals surface area contributed by atoms with Crippen molar-refractivity contribution < 1.29 is 9.47 Å². The van der Waals surface area contributed by atoms with Crippen molar-refractivity contribution in [2.45, 2.75) is 44.4 Å². The first-order valence-corrected chi connectivity index (χ1v) is 7.07. The molecule has 0 aromatic rings. The van der Waals surface area contributed by atoms with Crippen molar-refractivity contribution in [2.24, 2.45) is 17.6 Å². The minimum atomic E-state index is 0.191. The van der Waals surface area contributed by atoms with Crippen molar-refractivity contribution in [2.75, 3.05) is 33.9 Å². The van der Waals surface area contributed by atoms with Gasteiger partial charge in [0.15, 0.2) is 0 Å². The van der Waals surface area contributed by atoms with Gasteiger partial charge in [-0.05, 0) is 24.7 Å². The predicted octanol–water partition coefficient (Wildman–Crippen LogP) is 1.10. The molecule has 1 aliphatic heterocycles. The van der Waals surface area contributed by atoms with Gasteiger partial charge in [-0.15, -0.1) is 0 Å². The summed E-state index contributed by atoms with van der Waals surface area (Å²) in [6, 6.07) is 0. The van der Waals surface area contributed by atoms with Crippen LogP contribution in [0.15, 0.2) is 0 Å². The first-order chi connectivity index (χ1) is 8.56. The van der Waals surface area contributed by atoms with E-state index in [0.29, 0.717) is 0 Å². The largest absolute Gasteiger partial charge is 0.377 e. The Balaban J connectivity index is 1.99. The molecule has 4 heteroatoms. The van der Waals surface area contributed by atoms with Crippen LogP contribution in [0, 0.1) is 11.8 Å². The van der Waals surface area contributed by atoms with Crippen LogP contribution in [0.25, 0.3) is 0 Å². The monoisotopic (exact) mass is 256 g/mol. The lowest BCUT2D eigenvalue weighted by Gasteiger charge is -2.54. The lowest BCUT2D eigenvalue weighted by molar-refractivity contribution is -0.0306. The number of likely N-dealkylation sites (tertiary alicyclic amines) is 1. The van der Waals surface area contributed by atoms with Crippen molar-refractivity contribution in [1.29, 1.82) is 0 Å². The summed E-state index contributed by atoms with van der Waals surface area (Å²) in [5.41, 5.74) is 6.27. The van der Waals surface area contributed by atoms with Crippen LogP contribution in [0.4, 0.5) is 0 Å². The lowest BCUT2D eigenvalue weighted by atomic mass is 9.63. The number of hydrogen-bond acceptors (Lipinski definition) is 4. The summed E-state index contributed by atoms with van der Waals surface area (Å²) in [6.45, 7) is 7.28. The van der Waals surface area contributed by atoms with Crippen molar-refractivity contribution in [3.8, 4) is 0 Å². The van der Waals surface area contributed by atoms with E-state index in [0.717, 1.165) is 31.5 Å². The average molecular weight is 256 g/mol. The van der Waals surface area contributed by atoms with Gasteiger partial charge in [-0.2, -0.15) is 0 Å². The van der Waals surface area contributed by atoms with Gasteiger partial charge in [0.2, 0.25) is 0 Å². The number of ether oxygens (including phenoxy) is 2. The van der Waals surface area contributed by atoms with E-state index >= 15 is 0 Å². The molecule has 0 aromatic carbocycles. The van der Waals surface area contributed by atoms with Gasteiger partial charge in [0.1, 0.15) is 0 Å². The smallest absolute Gasteiger partial charge is 0.0972 e. The normalized spacial score (nSPS) is 41.3. The zero-order valence-electron chi connectivity index (χ0n) is 12.2. The van der Waals surface area contributed by atoms with Gasteiger partial charge < -0.3 is 15.2 Å². The molecule has 2 unspecified atom stereocenters. The van der Waals surface area contributed by atoms with Crippen molar-refractivity contribution in [1.82, 2.24) is 4.90 Å². The molecular formula is C14H28N2O2. The van der Waals surface area contributed by atoms with Crippen molar-refractivity contribution in [3.05, 3.63) is 0 Å². The molecule has 0 aromatic heterocycles. The molecule has 0 spiro atoms. The van der Waals surface area contributed by atoms with Crippen LogP contribution in [0.3, 0.4) is 0 Å². The molecule has 2 fully saturated rings. The van der Waals surface area contributed by atoms with Crippen LogP contribution >= 0.6 is 0 Å². The average Bonchev–Trinajstić information content (AvgIpc) is 2.71. The minimum absolute atomic E-state index is 0.191. The molecular weight excluding hydrogens is 228 g/mol.